The lowest BCUT2D eigenvalue weighted by molar-refractivity contribution is -0.129. The maximum absolute atomic E-state index is 12.4. The van der Waals surface area contributed by atoms with Crippen LogP contribution in [0.15, 0.2) is 60.2 Å². The molecule has 8 nitrogen and oxygen atoms in total. The molecule has 0 saturated carbocycles. The first kappa shape index (κ1) is 24.0. The van der Waals surface area contributed by atoms with Gasteiger partial charge >= 0.3 is 7.12 Å². The number of hydrogen-bond donors (Lipinski definition) is 3. The van der Waals surface area contributed by atoms with E-state index in [2.05, 4.69) is 5.32 Å². The fourth-order valence-corrected chi connectivity index (χ4v) is 3.39. The number of nitrogens with zero attached hydrogens (tertiary/aromatic N) is 2. The molecule has 3 rings (SSSR count). The summed E-state index contributed by atoms with van der Waals surface area (Å²) in [6.07, 6.45) is 2.53. The van der Waals surface area contributed by atoms with Crippen LogP contribution in [0.4, 0.5) is 0 Å². The molecule has 0 aliphatic carbocycles. The van der Waals surface area contributed by atoms with E-state index in [4.69, 9.17) is 4.74 Å². The number of likely N-dealkylation sites (tertiary alicyclic amines) is 1. The van der Waals surface area contributed by atoms with Crippen LogP contribution in [0, 0.1) is 11.3 Å². The first-order valence-electron chi connectivity index (χ1n) is 10.8. The van der Waals surface area contributed by atoms with Gasteiger partial charge in [0.2, 0.25) is 5.91 Å². The molecule has 0 aromatic heterocycles. The summed E-state index contributed by atoms with van der Waals surface area (Å²) in [7, 11) is -1.55. The first-order chi connectivity index (χ1) is 16.0. The molecule has 3 N–H and O–H groups in total. The number of carbonyl (C=O) groups is 2. The van der Waals surface area contributed by atoms with Crippen molar-refractivity contribution in [2.24, 2.45) is 0 Å². The van der Waals surface area contributed by atoms with Gasteiger partial charge in [-0.2, -0.15) is 5.26 Å². The van der Waals surface area contributed by atoms with Crippen molar-refractivity contribution >= 4 is 25.0 Å². The highest BCUT2D eigenvalue weighted by molar-refractivity contribution is 6.41. The monoisotopic (exact) mass is 447 g/mol. The molecule has 9 heteroatoms. The Morgan fingerprint density at radius 2 is 1.94 bits per heavy atom. The zero-order valence-corrected chi connectivity index (χ0v) is 18.2. The Kier molecular flexibility index (Phi) is 8.64. The number of carbonyl (C=O) groups excluding carboxylic acids is 2. The third kappa shape index (κ3) is 7.21. The average molecular weight is 447 g/mol. The highest BCUT2D eigenvalue weighted by Gasteiger charge is 2.23. The van der Waals surface area contributed by atoms with Crippen molar-refractivity contribution in [2.45, 2.75) is 25.2 Å². The van der Waals surface area contributed by atoms with Crippen LogP contribution in [-0.2, 0) is 9.59 Å². The van der Waals surface area contributed by atoms with Gasteiger partial charge in [0.1, 0.15) is 17.4 Å². The normalized spacial score (nSPS) is 14.0. The second kappa shape index (κ2) is 11.9. The van der Waals surface area contributed by atoms with Gasteiger partial charge < -0.3 is 25.0 Å². The van der Waals surface area contributed by atoms with E-state index in [1.807, 2.05) is 36.4 Å². The van der Waals surface area contributed by atoms with E-state index in [9.17, 15) is 24.9 Å². The molecule has 0 bridgehead atoms. The Morgan fingerprint density at radius 1 is 1.18 bits per heavy atom. The Bertz CT molecular complexity index is 1030. The van der Waals surface area contributed by atoms with Gasteiger partial charge in [-0.15, -0.1) is 0 Å². The van der Waals surface area contributed by atoms with Crippen molar-refractivity contribution in [3.05, 3.63) is 71.3 Å². The highest BCUT2D eigenvalue weighted by atomic mass is 16.5. The summed E-state index contributed by atoms with van der Waals surface area (Å²) in [5, 5.41) is 30.8. The molecule has 1 aliphatic heterocycles. The Balaban J connectivity index is 1.54. The van der Waals surface area contributed by atoms with Gasteiger partial charge in [0.05, 0.1) is 19.1 Å². The highest BCUT2D eigenvalue weighted by Crippen LogP contribution is 2.20. The quantitative estimate of drug-likeness (QED) is 0.291. The van der Waals surface area contributed by atoms with Crippen molar-refractivity contribution in [3.8, 4) is 11.8 Å². The lowest BCUT2D eigenvalue weighted by atomic mass is 9.79. The molecule has 170 valence electrons. The summed E-state index contributed by atoms with van der Waals surface area (Å²) in [6, 6.07) is 17.5. The molecular weight excluding hydrogens is 421 g/mol. The van der Waals surface area contributed by atoms with Crippen LogP contribution < -0.4 is 10.1 Å². The summed E-state index contributed by atoms with van der Waals surface area (Å²) in [5.74, 6) is -0.0456. The largest absolute Gasteiger partial charge is 0.493 e. The predicted octanol–water partition coefficient (Wildman–Crippen LogP) is 1.93. The van der Waals surface area contributed by atoms with E-state index in [1.165, 1.54) is 6.08 Å². The van der Waals surface area contributed by atoms with E-state index in [1.54, 1.807) is 29.2 Å². The van der Waals surface area contributed by atoms with Gasteiger partial charge in [0.15, 0.2) is 0 Å². The molecule has 0 spiro atoms. The fourth-order valence-electron chi connectivity index (χ4n) is 3.39. The lowest BCUT2D eigenvalue weighted by Crippen LogP contribution is -2.42. The van der Waals surface area contributed by atoms with Gasteiger partial charge in [-0.3, -0.25) is 9.59 Å². The van der Waals surface area contributed by atoms with Crippen molar-refractivity contribution < 1.29 is 24.4 Å². The van der Waals surface area contributed by atoms with E-state index < -0.39 is 13.2 Å². The number of nitriles is 1. The van der Waals surface area contributed by atoms with Gasteiger partial charge in [-0.05, 0) is 35.8 Å². The van der Waals surface area contributed by atoms with Crippen molar-refractivity contribution in [1.29, 1.82) is 5.26 Å². The molecule has 0 radical (unpaired) electrons. The summed E-state index contributed by atoms with van der Waals surface area (Å²) in [6.45, 7) is 1.46. The van der Waals surface area contributed by atoms with E-state index in [-0.39, 0.29) is 36.7 Å². The molecule has 33 heavy (non-hydrogen) atoms. The zero-order chi connectivity index (χ0) is 23.6. The number of rotatable bonds is 10. The number of benzene rings is 2. The third-order valence-corrected chi connectivity index (χ3v) is 5.24. The van der Waals surface area contributed by atoms with Crippen LogP contribution in [0.25, 0.3) is 6.08 Å². The SMILES string of the molecule is N#CC(=Cc1cccc(OCCC(=O)N[C@@H](CB(O)O)c2ccccc2)c1)C(=O)N1CCC1. The number of hydrogen-bond acceptors (Lipinski definition) is 6. The van der Waals surface area contributed by atoms with Crippen molar-refractivity contribution in [3.63, 3.8) is 0 Å². The van der Waals surface area contributed by atoms with Gasteiger partial charge in [0, 0.05) is 19.4 Å². The van der Waals surface area contributed by atoms with Crippen molar-refractivity contribution in [1.82, 2.24) is 10.2 Å². The van der Waals surface area contributed by atoms with Crippen LogP contribution in [0.1, 0.15) is 30.0 Å². The van der Waals surface area contributed by atoms with Gasteiger partial charge in [-0.1, -0.05) is 42.5 Å². The molecule has 1 atom stereocenters. The number of nitrogens with one attached hydrogen (secondary N) is 1. The predicted molar refractivity (Wildman–Crippen MR) is 124 cm³/mol. The minimum absolute atomic E-state index is 0.0254. The van der Waals surface area contributed by atoms with Crippen LogP contribution in [0.5, 0.6) is 5.75 Å². The number of ether oxygens (including phenoxy) is 1. The van der Waals surface area contributed by atoms with E-state index in [0.29, 0.717) is 24.4 Å². The second-order valence-electron chi connectivity index (χ2n) is 7.73. The van der Waals surface area contributed by atoms with E-state index in [0.717, 1.165) is 12.0 Å². The van der Waals surface area contributed by atoms with Crippen molar-refractivity contribution in [2.75, 3.05) is 19.7 Å². The minimum Gasteiger partial charge on any atom is -0.493 e. The third-order valence-electron chi connectivity index (χ3n) is 5.24. The van der Waals surface area contributed by atoms with Crippen LogP contribution in [-0.4, -0.2) is 53.6 Å². The summed E-state index contributed by atoms with van der Waals surface area (Å²) < 4.78 is 5.67. The summed E-state index contributed by atoms with van der Waals surface area (Å²) >= 11 is 0. The Labute approximate surface area is 193 Å². The molecule has 1 aliphatic rings. The van der Waals surface area contributed by atoms with Crippen LogP contribution >= 0.6 is 0 Å². The van der Waals surface area contributed by atoms with Crippen LogP contribution in [0.3, 0.4) is 0 Å². The summed E-state index contributed by atoms with van der Waals surface area (Å²) in [4.78, 5) is 26.3. The molecule has 1 saturated heterocycles. The molecule has 2 aromatic rings. The Morgan fingerprint density at radius 3 is 2.58 bits per heavy atom. The fraction of sp³-hybridized carbons (Fsp3) is 0.292. The number of amides is 2. The average Bonchev–Trinajstić information content (AvgIpc) is 2.76. The molecule has 2 amide bonds. The lowest BCUT2D eigenvalue weighted by Gasteiger charge is -2.30. The maximum Gasteiger partial charge on any atom is 0.453 e. The molecule has 1 fully saturated rings. The topological polar surface area (TPSA) is 123 Å². The first-order valence-corrected chi connectivity index (χ1v) is 10.8. The van der Waals surface area contributed by atoms with E-state index >= 15 is 0 Å². The minimum atomic E-state index is -1.55. The maximum atomic E-state index is 12.4. The molecular formula is C24H26BN3O5. The smallest absolute Gasteiger partial charge is 0.453 e. The molecule has 2 aromatic carbocycles. The second-order valence-corrected chi connectivity index (χ2v) is 7.73. The van der Waals surface area contributed by atoms with Crippen LogP contribution in [0.2, 0.25) is 6.32 Å². The summed E-state index contributed by atoms with van der Waals surface area (Å²) in [5.41, 5.74) is 1.51. The zero-order valence-electron chi connectivity index (χ0n) is 18.2. The molecule has 0 unspecified atom stereocenters. The van der Waals surface area contributed by atoms with Gasteiger partial charge in [-0.25, -0.2) is 0 Å². The van der Waals surface area contributed by atoms with Gasteiger partial charge in [0.25, 0.3) is 5.91 Å². The molecule has 1 heterocycles. The Hall–Kier alpha value is -3.61. The standard InChI is InChI=1S/C24H26BN3O5/c26-17-20(24(30)28-11-5-12-28)14-18-6-4-9-21(15-18)33-13-10-23(29)27-22(16-25(31)32)19-7-2-1-3-8-19/h1-4,6-9,14-15,22,31-32H,5,10-13,16H2,(H,27,29)/t22-/m0/s1.